The third-order valence-electron chi connectivity index (χ3n) is 7.55. The van der Waals surface area contributed by atoms with Gasteiger partial charge in [0.25, 0.3) is 0 Å². The normalized spacial score (nSPS) is 17.3. The molecule has 8 aromatic rings. The van der Waals surface area contributed by atoms with E-state index in [4.69, 9.17) is 13.7 Å². The molecule has 0 aromatic heterocycles. The second-order valence-corrected chi connectivity index (χ2v) is 9.25. The van der Waals surface area contributed by atoms with E-state index in [1.165, 1.54) is 0 Å². The van der Waals surface area contributed by atoms with Crippen LogP contribution in [0.2, 0.25) is 0 Å². The zero-order chi connectivity index (χ0) is 35.2. The van der Waals surface area contributed by atoms with Crippen LogP contribution in [0.1, 0.15) is 24.8 Å². The van der Waals surface area contributed by atoms with Gasteiger partial charge in [-0.15, -0.1) is 0 Å². The number of phenols is 6. The summed E-state index contributed by atoms with van der Waals surface area (Å²) in [4.78, 5) is 27.4. The van der Waals surface area contributed by atoms with Gasteiger partial charge in [-0.3, -0.25) is 9.59 Å². The van der Waals surface area contributed by atoms with E-state index in [9.17, 15) is 40.2 Å². The van der Waals surface area contributed by atoms with Gasteiger partial charge in [0.1, 0.15) is 34.5 Å². The fraction of sp³-hybridized carbons (Fsp3) is 0.0667. The Morgan fingerprint density at radius 1 is 0.447 bits per heavy atom. The monoisotopic (exact) mass is 514 g/mol. The number of benzene rings is 8. The summed E-state index contributed by atoms with van der Waals surface area (Å²) < 4.78 is 84.2. The Kier molecular flexibility index (Phi) is 2.11. The summed E-state index contributed by atoms with van der Waals surface area (Å²) in [5, 5.41) is 60.2. The lowest BCUT2D eigenvalue weighted by Crippen LogP contribution is -2.08. The molecule has 0 bridgehead atoms. The second kappa shape index (κ2) is 6.00. The van der Waals surface area contributed by atoms with Crippen LogP contribution in [-0.4, -0.2) is 30.6 Å². The molecule has 0 fully saturated rings. The van der Waals surface area contributed by atoms with Crippen molar-refractivity contribution >= 4 is 75.4 Å². The van der Waals surface area contributed by atoms with Crippen LogP contribution < -0.4 is 10.9 Å². The first kappa shape index (κ1) is 13.3. The van der Waals surface area contributed by atoms with E-state index in [1.807, 2.05) is 0 Å². The van der Waals surface area contributed by atoms with E-state index in [0.717, 1.165) is 0 Å². The van der Waals surface area contributed by atoms with Gasteiger partial charge in [0.05, 0.1) is 27.0 Å². The van der Waals surface area contributed by atoms with Gasteiger partial charge in [0, 0.05) is 63.4 Å². The van der Waals surface area contributed by atoms with Crippen molar-refractivity contribution < 1.29 is 44.3 Å². The Bertz CT molecular complexity index is 2910. The number of aryl methyl sites for hydroxylation is 2. The predicted octanol–water partition coefficient (Wildman–Crippen LogP) is 5.08. The fourth-order valence-electron chi connectivity index (χ4n) is 6.30. The first-order chi connectivity index (χ1) is 22.2. The van der Waals surface area contributed by atoms with Crippen LogP contribution in [0.25, 0.3) is 75.4 Å². The lowest BCUT2D eigenvalue weighted by Gasteiger charge is -2.25. The molecule has 0 aliphatic heterocycles. The summed E-state index contributed by atoms with van der Waals surface area (Å²) in [6, 6.07) is -4.55. The highest BCUT2D eigenvalue weighted by Crippen LogP contribution is 2.59. The number of rotatable bonds is 0. The summed E-state index contributed by atoms with van der Waals surface area (Å²) in [5.41, 5.74) is -4.59. The van der Waals surface area contributed by atoms with E-state index in [1.54, 1.807) is 0 Å². The molecule has 0 atom stereocenters. The third kappa shape index (κ3) is 1.93. The van der Waals surface area contributed by atoms with Crippen molar-refractivity contribution in [2.45, 2.75) is 13.7 Å². The Balaban J connectivity index is 2.05. The Labute approximate surface area is 224 Å². The van der Waals surface area contributed by atoms with Gasteiger partial charge in [-0.25, -0.2) is 0 Å². The molecule has 0 saturated carbocycles. The quantitative estimate of drug-likeness (QED) is 0.121. The summed E-state index contributed by atoms with van der Waals surface area (Å²) in [6.07, 6.45) is 0. The molecule has 0 amide bonds. The van der Waals surface area contributed by atoms with E-state index in [-0.39, 0.29) is 10.8 Å². The lowest BCUT2D eigenvalue weighted by molar-refractivity contribution is 0.459. The Morgan fingerprint density at radius 2 is 0.789 bits per heavy atom. The van der Waals surface area contributed by atoms with Crippen LogP contribution in [0, 0.1) is 13.7 Å². The van der Waals surface area contributed by atoms with Crippen molar-refractivity contribution in [3.63, 3.8) is 0 Å². The molecule has 38 heavy (non-hydrogen) atoms. The molecule has 8 rings (SSSR count). The first-order valence-electron chi connectivity index (χ1n) is 16.0. The topological polar surface area (TPSA) is 156 Å². The lowest BCUT2D eigenvalue weighted by atomic mass is 9.78. The van der Waals surface area contributed by atoms with Crippen molar-refractivity contribution in [2.75, 3.05) is 0 Å². The van der Waals surface area contributed by atoms with E-state index in [2.05, 4.69) is 0 Å². The van der Waals surface area contributed by atoms with Crippen LogP contribution in [0.5, 0.6) is 34.5 Å². The van der Waals surface area contributed by atoms with Crippen molar-refractivity contribution in [1.82, 2.24) is 0 Å². The zero-order valence-electron chi connectivity index (χ0n) is 28.5. The SMILES string of the molecule is [2H]c1c(O)c2c(O)c3c(=O)c([2H])c(O)c4c5c(=O)c([2H])c(O)c6c(O)c7c(O)c([2H])c(C([2H])([2H])[2H])c8c(c1C([2H])([2H])[2H])c2c(c34)c(c78)c65. The predicted molar refractivity (Wildman–Crippen MR) is 146 cm³/mol. The number of hydrogen-bond donors (Lipinski definition) is 6. The molecule has 8 aromatic carbocycles. The van der Waals surface area contributed by atoms with Gasteiger partial charge < -0.3 is 30.6 Å². The highest BCUT2D eigenvalue weighted by Gasteiger charge is 2.33. The van der Waals surface area contributed by atoms with Crippen LogP contribution in [0.3, 0.4) is 0 Å². The molecule has 0 heterocycles. The van der Waals surface area contributed by atoms with Gasteiger partial charge >= 0.3 is 0 Å². The largest absolute Gasteiger partial charge is 0.507 e. The molecule has 184 valence electrons. The van der Waals surface area contributed by atoms with E-state index in [0.29, 0.717) is 0 Å². The van der Waals surface area contributed by atoms with Gasteiger partial charge in [-0.1, -0.05) is 0 Å². The number of phenolic OH excluding ortho intramolecular Hbond substituents is 6. The van der Waals surface area contributed by atoms with Gasteiger partial charge in [0.15, 0.2) is 10.9 Å². The average Bonchev–Trinajstić information content (AvgIpc) is 2.98. The van der Waals surface area contributed by atoms with Gasteiger partial charge in [-0.05, 0) is 47.7 Å². The highest BCUT2D eigenvalue weighted by atomic mass is 16.3. The second-order valence-electron chi connectivity index (χ2n) is 9.25. The molecular formula is C30H16O8. The minimum atomic E-state index is -3.33. The van der Waals surface area contributed by atoms with Crippen molar-refractivity contribution in [1.29, 1.82) is 0 Å². The van der Waals surface area contributed by atoms with Crippen LogP contribution >= 0.6 is 0 Å². The molecule has 0 aliphatic carbocycles. The first-order valence-corrected chi connectivity index (χ1v) is 11.0. The zero-order valence-corrected chi connectivity index (χ0v) is 18.5. The molecule has 8 heteroatoms. The summed E-state index contributed by atoms with van der Waals surface area (Å²) in [5.74, 6) is -6.81. The Hall–Kier alpha value is -5.24. The van der Waals surface area contributed by atoms with E-state index >= 15 is 0 Å². The van der Waals surface area contributed by atoms with Crippen LogP contribution in [0.15, 0.2) is 33.8 Å². The molecule has 0 spiro atoms. The summed E-state index contributed by atoms with van der Waals surface area (Å²) in [6.45, 7) is -6.66. The smallest absolute Gasteiger partial charge is 0.193 e. The van der Waals surface area contributed by atoms with Crippen molar-refractivity contribution in [3.8, 4) is 34.5 Å². The standard InChI is InChI=1S/C30H16O8/c1-7-3-9(31)19-23-15(7)16-8(2)4-10(32)20-24(16)28-26-18(12(34)6-14(36)22(26)30(20)38)17-11(33)5-13(35)21(29(19)37)25(17)27(23)28/h3-6,31-33,36-38H,1-2H3/i1D3,2D3,3D,4D,5D,6D. The molecule has 0 saturated heterocycles. The maximum Gasteiger partial charge on any atom is 0.193 e. The minimum Gasteiger partial charge on any atom is -0.507 e. The molecule has 0 unspecified atom stereocenters. The third-order valence-corrected chi connectivity index (χ3v) is 7.55. The number of hydrogen-bond acceptors (Lipinski definition) is 8. The molecular weight excluding hydrogens is 488 g/mol. The molecule has 6 N–H and O–H groups in total. The van der Waals surface area contributed by atoms with Crippen LogP contribution in [0.4, 0.5) is 0 Å². The van der Waals surface area contributed by atoms with E-state index < -0.39 is 159 Å². The molecule has 0 radical (unpaired) electrons. The highest BCUT2D eigenvalue weighted by molar-refractivity contribution is 6.51. The number of fused-ring (bicyclic) bond motifs is 2. The summed E-state index contributed by atoms with van der Waals surface area (Å²) in [7, 11) is 0. The molecule has 0 aliphatic rings. The van der Waals surface area contributed by atoms with Gasteiger partial charge in [0.2, 0.25) is 0 Å². The fourth-order valence-corrected chi connectivity index (χ4v) is 6.30. The minimum absolute atomic E-state index is 0.351. The van der Waals surface area contributed by atoms with Gasteiger partial charge in [-0.2, -0.15) is 0 Å². The van der Waals surface area contributed by atoms with Crippen LogP contribution in [-0.2, 0) is 0 Å². The number of aromatic hydroxyl groups is 6. The molecule has 8 nitrogen and oxygen atoms in total. The Morgan fingerprint density at radius 3 is 1.29 bits per heavy atom. The summed E-state index contributed by atoms with van der Waals surface area (Å²) >= 11 is 0. The maximum absolute atomic E-state index is 13.8. The maximum atomic E-state index is 13.8. The van der Waals surface area contributed by atoms with Crippen molar-refractivity contribution in [3.05, 3.63) is 55.7 Å². The average molecular weight is 515 g/mol. The van der Waals surface area contributed by atoms with Crippen molar-refractivity contribution in [2.24, 2.45) is 0 Å².